The lowest BCUT2D eigenvalue weighted by atomic mass is 9.73. The minimum absolute atomic E-state index is 0.00723. The van der Waals surface area contributed by atoms with E-state index in [1.165, 1.54) is 11.3 Å². The lowest BCUT2D eigenvalue weighted by molar-refractivity contribution is -0.139. The lowest BCUT2D eigenvalue weighted by Crippen LogP contribution is -2.58. The van der Waals surface area contributed by atoms with Crippen LogP contribution in [0.2, 0.25) is 0 Å². The van der Waals surface area contributed by atoms with Gasteiger partial charge in [-0.3, -0.25) is 14.5 Å². The van der Waals surface area contributed by atoms with Gasteiger partial charge in [0.05, 0.1) is 0 Å². The maximum absolute atomic E-state index is 13.9. The summed E-state index contributed by atoms with van der Waals surface area (Å²) in [7, 11) is 3.99. The standard InChI is InChI=1S/C28H42N4O3/c1-21-10-7-8-13-23(21)20-28(26(34)32(27(35)29-28)17-9-16-30(2)3)24-14-18-31(19-15-24)25(33)22-11-5-4-6-12-22/h7-8,10,13,22,24H,4-6,9,11-12,14-20H2,1-3H3,(H,29,35)/t28-/m0/s1. The van der Waals surface area contributed by atoms with Crippen molar-refractivity contribution in [1.29, 1.82) is 0 Å². The molecular weight excluding hydrogens is 440 g/mol. The monoisotopic (exact) mass is 482 g/mol. The molecule has 3 aliphatic rings. The van der Waals surface area contributed by atoms with Gasteiger partial charge in [0, 0.05) is 32.0 Å². The van der Waals surface area contributed by atoms with Crippen LogP contribution in [0.25, 0.3) is 0 Å². The zero-order valence-corrected chi connectivity index (χ0v) is 21.7. The lowest BCUT2D eigenvalue weighted by Gasteiger charge is -2.42. The molecular formula is C28H42N4O3. The van der Waals surface area contributed by atoms with Crippen LogP contribution in [0.15, 0.2) is 24.3 Å². The summed E-state index contributed by atoms with van der Waals surface area (Å²) in [6, 6.07) is 7.85. The Balaban J connectivity index is 1.52. The fourth-order valence-electron chi connectivity index (χ4n) is 6.24. The van der Waals surface area contributed by atoms with Crippen molar-refractivity contribution in [1.82, 2.24) is 20.0 Å². The molecule has 1 aromatic carbocycles. The summed E-state index contributed by atoms with van der Waals surface area (Å²) in [6.07, 6.45) is 8.27. The molecule has 192 valence electrons. The molecule has 2 aliphatic heterocycles. The van der Waals surface area contributed by atoms with Crippen molar-refractivity contribution in [3.63, 3.8) is 0 Å². The maximum Gasteiger partial charge on any atom is 0.325 e. The summed E-state index contributed by atoms with van der Waals surface area (Å²) in [4.78, 5) is 45.7. The van der Waals surface area contributed by atoms with E-state index in [2.05, 4.69) is 29.3 Å². The van der Waals surface area contributed by atoms with Crippen molar-refractivity contribution in [3.8, 4) is 0 Å². The Labute approximate surface area is 210 Å². The van der Waals surface area contributed by atoms with Crippen LogP contribution in [0.3, 0.4) is 0 Å². The zero-order chi connectivity index (χ0) is 25.0. The number of carbonyl (C=O) groups is 3. The Morgan fingerprint density at radius 2 is 1.74 bits per heavy atom. The molecule has 0 unspecified atom stereocenters. The van der Waals surface area contributed by atoms with Crippen LogP contribution in [-0.2, 0) is 16.0 Å². The van der Waals surface area contributed by atoms with E-state index in [1.807, 2.05) is 31.1 Å². The zero-order valence-electron chi connectivity index (χ0n) is 21.7. The molecule has 0 bridgehead atoms. The van der Waals surface area contributed by atoms with Gasteiger partial charge in [-0.1, -0.05) is 43.5 Å². The van der Waals surface area contributed by atoms with Gasteiger partial charge in [0.25, 0.3) is 5.91 Å². The summed E-state index contributed by atoms with van der Waals surface area (Å²) in [6.45, 7) is 4.64. The van der Waals surface area contributed by atoms with E-state index in [1.54, 1.807) is 0 Å². The van der Waals surface area contributed by atoms with Crippen molar-refractivity contribution in [2.45, 2.75) is 70.3 Å². The number of hydrogen-bond acceptors (Lipinski definition) is 4. The predicted octanol–water partition coefficient (Wildman–Crippen LogP) is 3.60. The second kappa shape index (κ2) is 11.1. The highest BCUT2D eigenvalue weighted by molar-refractivity contribution is 6.07. The number of piperidine rings is 1. The molecule has 7 heteroatoms. The first-order valence-electron chi connectivity index (χ1n) is 13.4. The summed E-state index contributed by atoms with van der Waals surface area (Å²) in [5.41, 5.74) is 1.28. The van der Waals surface area contributed by atoms with Crippen LogP contribution >= 0.6 is 0 Å². The van der Waals surface area contributed by atoms with Gasteiger partial charge in [-0.15, -0.1) is 0 Å². The number of imide groups is 1. The highest BCUT2D eigenvalue weighted by atomic mass is 16.2. The second-order valence-electron chi connectivity index (χ2n) is 11.1. The van der Waals surface area contributed by atoms with Gasteiger partial charge in [0.1, 0.15) is 5.54 Å². The molecule has 0 spiro atoms. The number of rotatable bonds is 8. The molecule has 2 saturated heterocycles. The third kappa shape index (κ3) is 5.55. The van der Waals surface area contributed by atoms with Crippen LogP contribution in [0, 0.1) is 18.8 Å². The molecule has 4 rings (SSSR count). The average molecular weight is 483 g/mol. The summed E-state index contributed by atoms with van der Waals surface area (Å²) in [5.74, 6) is 0.374. The smallest absolute Gasteiger partial charge is 0.325 e. The SMILES string of the molecule is Cc1ccccc1C[C@@]1(C2CCN(C(=O)C3CCCCC3)CC2)NC(=O)N(CCCN(C)C)C1=O. The minimum Gasteiger partial charge on any atom is -0.342 e. The summed E-state index contributed by atoms with van der Waals surface area (Å²) in [5, 5.41) is 3.18. The first-order chi connectivity index (χ1) is 16.8. The van der Waals surface area contributed by atoms with Crippen molar-refractivity contribution < 1.29 is 14.4 Å². The normalized spacial score (nSPS) is 24.3. The Hall–Kier alpha value is -2.41. The van der Waals surface area contributed by atoms with Gasteiger partial charge in [-0.05, 0) is 76.7 Å². The van der Waals surface area contributed by atoms with Gasteiger partial charge < -0.3 is 15.1 Å². The number of urea groups is 1. The van der Waals surface area contributed by atoms with Crippen LogP contribution in [0.4, 0.5) is 4.79 Å². The van der Waals surface area contributed by atoms with Crippen molar-refractivity contribution >= 4 is 17.8 Å². The number of nitrogens with one attached hydrogen (secondary N) is 1. The second-order valence-corrected chi connectivity index (χ2v) is 11.1. The molecule has 1 aromatic rings. The van der Waals surface area contributed by atoms with Crippen LogP contribution in [0.1, 0.15) is 62.5 Å². The summed E-state index contributed by atoms with van der Waals surface area (Å²) >= 11 is 0. The van der Waals surface area contributed by atoms with Crippen molar-refractivity contribution in [2.24, 2.45) is 11.8 Å². The maximum atomic E-state index is 13.9. The van der Waals surface area contributed by atoms with E-state index in [0.29, 0.717) is 32.0 Å². The average Bonchev–Trinajstić information content (AvgIpc) is 3.10. The summed E-state index contributed by atoms with van der Waals surface area (Å²) < 4.78 is 0. The van der Waals surface area contributed by atoms with Crippen LogP contribution in [0.5, 0.6) is 0 Å². The largest absolute Gasteiger partial charge is 0.342 e. The Morgan fingerprint density at radius 1 is 1.06 bits per heavy atom. The third-order valence-electron chi connectivity index (χ3n) is 8.38. The molecule has 2 heterocycles. The number of benzene rings is 1. The molecule has 0 aromatic heterocycles. The van der Waals surface area contributed by atoms with E-state index in [9.17, 15) is 14.4 Å². The van der Waals surface area contributed by atoms with E-state index in [0.717, 1.165) is 62.6 Å². The molecule has 0 radical (unpaired) electrons. The van der Waals surface area contributed by atoms with E-state index < -0.39 is 5.54 Å². The first kappa shape index (κ1) is 25.7. The van der Waals surface area contributed by atoms with E-state index in [4.69, 9.17) is 0 Å². The molecule has 1 aliphatic carbocycles. The number of aryl methyl sites for hydroxylation is 1. The van der Waals surface area contributed by atoms with Gasteiger partial charge in [0.2, 0.25) is 5.91 Å². The molecule has 1 atom stereocenters. The molecule has 1 saturated carbocycles. The first-order valence-corrected chi connectivity index (χ1v) is 13.4. The molecule has 7 nitrogen and oxygen atoms in total. The van der Waals surface area contributed by atoms with Crippen LogP contribution < -0.4 is 5.32 Å². The molecule has 1 N–H and O–H groups in total. The fraction of sp³-hybridized carbons (Fsp3) is 0.679. The van der Waals surface area contributed by atoms with Gasteiger partial charge >= 0.3 is 6.03 Å². The number of carbonyl (C=O) groups excluding carboxylic acids is 3. The fourth-order valence-corrected chi connectivity index (χ4v) is 6.24. The predicted molar refractivity (Wildman–Crippen MR) is 137 cm³/mol. The van der Waals surface area contributed by atoms with Gasteiger partial charge in [-0.2, -0.15) is 0 Å². The Morgan fingerprint density at radius 3 is 2.40 bits per heavy atom. The van der Waals surface area contributed by atoms with Gasteiger partial charge in [-0.25, -0.2) is 4.79 Å². The van der Waals surface area contributed by atoms with Gasteiger partial charge in [0.15, 0.2) is 0 Å². The number of nitrogens with zero attached hydrogens (tertiary/aromatic N) is 3. The number of hydrogen-bond donors (Lipinski definition) is 1. The van der Waals surface area contributed by atoms with E-state index in [-0.39, 0.29) is 23.8 Å². The van der Waals surface area contributed by atoms with Crippen LogP contribution in [-0.4, -0.2) is 78.4 Å². The topological polar surface area (TPSA) is 73.0 Å². The quantitative estimate of drug-likeness (QED) is 0.575. The third-order valence-corrected chi connectivity index (χ3v) is 8.38. The van der Waals surface area contributed by atoms with E-state index >= 15 is 0 Å². The highest BCUT2D eigenvalue weighted by Crippen LogP contribution is 2.38. The highest BCUT2D eigenvalue weighted by Gasteiger charge is 2.56. The Kier molecular flexibility index (Phi) is 8.15. The molecule has 3 fully saturated rings. The minimum atomic E-state index is -0.943. The Bertz CT molecular complexity index is 919. The molecule has 4 amide bonds. The van der Waals surface area contributed by atoms with Crippen molar-refractivity contribution in [3.05, 3.63) is 35.4 Å². The number of likely N-dealkylation sites (tertiary alicyclic amines) is 1. The molecule has 35 heavy (non-hydrogen) atoms. The number of amides is 4. The van der Waals surface area contributed by atoms with Crippen molar-refractivity contribution in [2.75, 3.05) is 40.3 Å².